The first kappa shape index (κ1) is 17.7. The van der Waals surface area contributed by atoms with Crippen LogP contribution in [0.2, 0.25) is 5.32 Å². The zero-order valence-electron chi connectivity index (χ0n) is 8.87. The monoisotopic (exact) mass is 301 g/mol. The van der Waals surface area contributed by atoms with Crippen molar-refractivity contribution >= 4 is 28.0 Å². The molecule has 0 spiro atoms. The Hall–Kier alpha value is -0.661. The third-order valence-electron chi connectivity index (χ3n) is 1.55. The van der Waals surface area contributed by atoms with E-state index in [-0.39, 0.29) is 0 Å². The molecule has 0 saturated heterocycles. The van der Waals surface area contributed by atoms with Crippen molar-refractivity contribution < 1.29 is 19.8 Å². The predicted molar refractivity (Wildman–Crippen MR) is 61.5 cm³/mol. The molecule has 0 saturated carbocycles. The summed E-state index contributed by atoms with van der Waals surface area (Å²) < 4.78 is 0. The number of aliphatic carboxylic acids is 2. The number of carboxylic acid groups (broad SMARTS) is 2. The van der Waals surface area contributed by atoms with Gasteiger partial charge in [0.2, 0.25) is 0 Å². The molecule has 0 fully saturated rings. The van der Waals surface area contributed by atoms with E-state index in [2.05, 4.69) is 16.0 Å². The summed E-state index contributed by atoms with van der Waals surface area (Å²) in [6, 6.07) is -1.45. The molecule has 8 N–H and O–H groups in total. The average Bonchev–Trinajstić information content (AvgIpc) is 2.25. The summed E-state index contributed by atoms with van der Waals surface area (Å²) in [5.41, 5.74) is 15.3. The summed E-state index contributed by atoms with van der Waals surface area (Å²) in [5.74, 6) is -1.90. The molecule has 0 bridgehead atoms. The molecule has 1 unspecified atom stereocenters. The third kappa shape index (κ3) is 11.4. The zero-order valence-corrected chi connectivity index (χ0v) is 10.7. The van der Waals surface area contributed by atoms with Crippen molar-refractivity contribution in [2.24, 2.45) is 17.2 Å². The number of hydrogen-bond acceptors (Lipinski definition) is 5. The van der Waals surface area contributed by atoms with Gasteiger partial charge in [-0.05, 0) is 19.4 Å². The van der Waals surface area contributed by atoms with E-state index >= 15 is 0 Å². The van der Waals surface area contributed by atoms with E-state index < -0.39 is 24.0 Å². The number of carbonyl (C=O) groups is 2. The quantitative estimate of drug-likeness (QED) is 0.351. The van der Waals surface area contributed by atoms with Crippen molar-refractivity contribution in [1.29, 1.82) is 0 Å². The van der Waals surface area contributed by atoms with Gasteiger partial charge in [-0.25, -0.2) is 0 Å². The van der Waals surface area contributed by atoms with Gasteiger partial charge >= 0.3 is 54.9 Å². The molecule has 0 amide bonds. The third-order valence-corrected chi connectivity index (χ3v) is 2.38. The van der Waals surface area contributed by atoms with E-state index in [1.54, 1.807) is 0 Å². The van der Waals surface area contributed by atoms with E-state index in [0.717, 1.165) is 0 Å². The normalized spacial score (nSPS) is 13.2. The molecule has 8 heteroatoms. The summed E-state index contributed by atoms with van der Waals surface area (Å²) in [6.07, 6.45) is 1.14. The Balaban J connectivity index is 0. The first-order valence-corrected chi connectivity index (χ1v) is 5.97. The van der Waals surface area contributed by atoms with Crippen LogP contribution in [-0.2, 0) is 9.59 Å². The number of rotatable bonds is 6. The van der Waals surface area contributed by atoms with Gasteiger partial charge in [0.15, 0.2) is 0 Å². The Morgan fingerprint density at radius 1 is 1.12 bits per heavy atom. The number of carboxylic acids is 2. The van der Waals surface area contributed by atoms with Crippen LogP contribution < -0.4 is 17.2 Å². The molecule has 0 rings (SSSR count). The Kier molecular flexibility index (Phi) is 12.0. The predicted octanol–water partition coefficient (Wildman–Crippen LogP) is -2.15. The van der Waals surface area contributed by atoms with Crippen LogP contribution in [0.5, 0.6) is 0 Å². The summed E-state index contributed by atoms with van der Waals surface area (Å²) in [5, 5.41) is 16.7. The van der Waals surface area contributed by atoms with E-state index in [1.807, 2.05) is 0 Å². The number of hydrogen-bond donors (Lipinski definition) is 5. The molecule has 0 aliphatic heterocycles. The fourth-order valence-electron chi connectivity index (χ4n) is 0.539. The topological polar surface area (TPSA) is 153 Å². The van der Waals surface area contributed by atoms with Crippen molar-refractivity contribution in [2.75, 3.05) is 6.54 Å². The molecular weight excluding hydrogens is 281 g/mol. The molecule has 0 aromatic carbocycles. The minimum atomic E-state index is -0.955. The Morgan fingerprint density at radius 3 is 1.75 bits per heavy atom. The van der Waals surface area contributed by atoms with Gasteiger partial charge in [0.05, 0.1) is 0 Å². The first-order chi connectivity index (χ1) is 7.36. The van der Waals surface area contributed by atoms with E-state index in [1.165, 1.54) is 0 Å². The minimum absolute atomic E-state index is 0.433. The van der Waals surface area contributed by atoms with Crippen molar-refractivity contribution in [3.63, 3.8) is 0 Å². The van der Waals surface area contributed by atoms with Gasteiger partial charge in [-0.1, -0.05) is 0 Å². The molecule has 7 nitrogen and oxygen atoms in total. The summed E-state index contributed by atoms with van der Waals surface area (Å²) in [6.45, 7) is 0.501. The van der Waals surface area contributed by atoms with Gasteiger partial charge in [0.1, 0.15) is 6.04 Å². The average molecular weight is 300 g/mol. The van der Waals surface area contributed by atoms with Crippen LogP contribution in [0, 0.1) is 0 Å². The summed E-state index contributed by atoms with van der Waals surface area (Å²) in [4.78, 5) is 19.8. The van der Waals surface area contributed by atoms with Crippen LogP contribution in [0.25, 0.3) is 0 Å². The molecule has 0 heterocycles. The fourth-order valence-corrected chi connectivity index (χ4v) is 0.867. The van der Waals surface area contributed by atoms with Crippen LogP contribution in [0.1, 0.15) is 12.8 Å². The molecule has 16 heavy (non-hydrogen) atoms. The number of nitrogens with two attached hydrogens (primary N) is 3. The van der Waals surface area contributed by atoms with E-state index in [9.17, 15) is 9.59 Å². The second kappa shape index (κ2) is 10.8. The Labute approximate surface area is 102 Å². The van der Waals surface area contributed by atoms with Gasteiger partial charge in [-0.15, -0.1) is 0 Å². The van der Waals surface area contributed by atoms with Crippen LogP contribution in [0.4, 0.5) is 0 Å². The first-order valence-electron chi connectivity index (χ1n) is 4.64. The van der Waals surface area contributed by atoms with Gasteiger partial charge in [0, 0.05) is 0 Å². The van der Waals surface area contributed by atoms with Crippen LogP contribution in [0.15, 0.2) is 0 Å². The second-order valence-electron chi connectivity index (χ2n) is 3.00. The maximum absolute atomic E-state index is 10.0. The second-order valence-corrected chi connectivity index (χ2v) is 3.77. The van der Waals surface area contributed by atoms with Gasteiger partial charge < -0.3 is 16.6 Å². The molecule has 0 radical (unpaired) electrons. The molecule has 0 aliphatic carbocycles. The summed E-state index contributed by atoms with van der Waals surface area (Å²) >= 11 is 2.13. The SMILES string of the molecule is NCCCC(N)C(=O)O.N[C@@H](C[SeH])C(=O)O. The molecule has 0 aromatic heterocycles. The van der Waals surface area contributed by atoms with Crippen molar-refractivity contribution in [1.82, 2.24) is 0 Å². The van der Waals surface area contributed by atoms with Crippen molar-refractivity contribution in [3.8, 4) is 0 Å². The van der Waals surface area contributed by atoms with Crippen LogP contribution in [-0.4, -0.2) is 56.8 Å². The van der Waals surface area contributed by atoms with Crippen molar-refractivity contribution in [3.05, 3.63) is 0 Å². The van der Waals surface area contributed by atoms with E-state index in [0.29, 0.717) is 24.7 Å². The standard InChI is InChI=1S/C5H12N2O2.C3H7NO2Se/c6-3-1-2-4(7)5(8)9;4-2(1-7)3(5)6/h4H,1-3,6-7H2,(H,8,9);2,7H,1,4H2,(H,5,6)/t;2-/m.0/s1. The van der Waals surface area contributed by atoms with Gasteiger partial charge in [-0.2, -0.15) is 0 Å². The summed E-state index contributed by atoms with van der Waals surface area (Å²) in [7, 11) is 0. The molecule has 0 aromatic rings. The van der Waals surface area contributed by atoms with Gasteiger partial charge in [-0.3, -0.25) is 4.79 Å². The fraction of sp³-hybridized carbons (Fsp3) is 0.750. The van der Waals surface area contributed by atoms with E-state index in [4.69, 9.17) is 27.4 Å². The molecular formula is C8H19N3O4Se. The molecule has 0 aliphatic rings. The van der Waals surface area contributed by atoms with Gasteiger partial charge in [0.25, 0.3) is 0 Å². The van der Waals surface area contributed by atoms with Crippen LogP contribution >= 0.6 is 0 Å². The Morgan fingerprint density at radius 2 is 1.56 bits per heavy atom. The molecule has 96 valence electrons. The van der Waals surface area contributed by atoms with Crippen molar-refractivity contribution in [2.45, 2.75) is 30.2 Å². The Bertz CT molecular complexity index is 215. The maximum atomic E-state index is 10.0. The molecule has 2 atom stereocenters. The van der Waals surface area contributed by atoms with Crippen LogP contribution in [0.3, 0.4) is 0 Å². The zero-order chi connectivity index (χ0) is 13.1.